The van der Waals surface area contributed by atoms with Crippen LogP contribution in [0, 0.1) is 0 Å². The molecule has 0 aromatic heterocycles. The molecule has 2 N–H and O–H groups in total. The summed E-state index contributed by atoms with van der Waals surface area (Å²) in [6, 6.07) is 13.0. The Kier molecular flexibility index (Phi) is 6.75. The van der Waals surface area contributed by atoms with E-state index in [1.165, 1.54) is 18.2 Å². The van der Waals surface area contributed by atoms with Gasteiger partial charge in [0.2, 0.25) is 15.9 Å². The third-order valence-electron chi connectivity index (χ3n) is 3.37. The Bertz CT molecular complexity index is 911. The van der Waals surface area contributed by atoms with Gasteiger partial charge in [0, 0.05) is 24.1 Å². The van der Waals surface area contributed by atoms with E-state index in [0.717, 1.165) is 17.5 Å². The summed E-state index contributed by atoms with van der Waals surface area (Å²) in [4.78, 5) is 11.8. The Labute approximate surface area is 155 Å². The van der Waals surface area contributed by atoms with E-state index in [9.17, 15) is 26.4 Å². The molecular formula is C18H17F3N2O3S. The minimum atomic E-state index is -4.51. The fraction of sp³-hybridized carbons (Fsp3) is 0.167. The molecule has 5 nitrogen and oxygen atoms in total. The highest BCUT2D eigenvalue weighted by molar-refractivity contribution is 7.92. The van der Waals surface area contributed by atoms with Crippen LogP contribution >= 0.6 is 0 Å². The van der Waals surface area contributed by atoms with Gasteiger partial charge in [-0.3, -0.25) is 4.79 Å². The number of sulfonamides is 1. The fourth-order valence-corrected chi connectivity index (χ4v) is 2.90. The van der Waals surface area contributed by atoms with Gasteiger partial charge in [-0.1, -0.05) is 36.4 Å². The van der Waals surface area contributed by atoms with Gasteiger partial charge in [0.15, 0.2) is 0 Å². The lowest BCUT2D eigenvalue weighted by Gasteiger charge is -2.10. The molecule has 0 atom stereocenters. The zero-order chi connectivity index (χ0) is 19.9. The lowest BCUT2D eigenvalue weighted by Crippen LogP contribution is -2.26. The van der Waals surface area contributed by atoms with Gasteiger partial charge in [-0.15, -0.1) is 0 Å². The Hall–Kier alpha value is -2.65. The molecule has 0 aliphatic rings. The van der Waals surface area contributed by atoms with Crippen LogP contribution in [0.2, 0.25) is 0 Å². The summed E-state index contributed by atoms with van der Waals surface area (Å²) in [5, 5.41) is 3.29. The van der Waals surface area contributed by atoms with Crippen molar-refractivity contribution in [3.8, 4) is 0 Å². The van der Waals surface area contributed by atoms with Gasteiger partial charge in [-0.2, -0.15) is 13.2 Å². The molecule has 0 spiro atoms. The molecule has 144 valence electrons. The lowest BCUT2D eigenvalue weighted by molar-refractivity contribution is -0.137. The Morgan fingerprint density at radius 1 is 1.04 bits per heavy atom. The van der Waals surface area contributed by atoms with Crippen LogP contribution in [-0.4, -0.2) is 20.9 Å². The van der Waals surface area contributed by atoms with Crippen LogP contribution in [-0.2, 0) is 21.0 Å². The van der Waals surface area contributed by atoms with Gasteiger partial charge in [-0.05, 0) is 29.8 Å². The number of halogens is 3. The molecule has 0 radical (unpaired) electrons. The maximum atomic E-state index is 12.6. The fourth-order valence-electron chi connectivity index (χ4n) is 2.08. The Balaban J connectivity index is 1.84. The van der Waals surface area contributed by atoms with E-state index < -0.39 is 27.7 Å². The second kappa shape index (κ2) is 8.83. The zero-order valence-corrected chi connectivity index (χ0v) is 14.8. The van der Waals surface area contributed by atoms with Crippen LogP contribution in [0.3, 0.4) is 0 Å². The first-order chi connectivity index (χ1) is 12.7. The molecule has 0 unspecified atom stereocenters. The summed E-state index contributed by atoms with van der Waals surface area (Å²) in [7, 11) is -3.73. The van der Waals surface area contributed by atoms with Crippen molar-refractivity contribution in [1.29, 1.82) is 0 Å². The van der Waals surface area contributed by atoms with Gasteiger partial charge in [0.1, 0.15) is 0 Å². The quantitative estimate of drug-likeness (QED) is 0.748. The molecule has 27 heavy (non-hydrogen) atoms. The van der Waals surface area contributed by atoms with Gasteiger partial charge < -0.3 is 5.32 Å². The van der Waals surface area contributed by atoms with Crippen molar-refractivity contribution in [3.05, 3.63) is 71.1 Å². The second-order valence-corrected chi connectivity index (χ2v) is 7.18. The highest BCUT2D eigenvalue weighted by atomic mass is 32.2. The third kappa shape index (κ3) is 7.24. The summed E-state index contributed by atoms with van der Waals surface area (Å²) in [5.74, 6) is -0.607. The van der Waals surface area contributed by atoms with Crippen molar-refractivity contribution in [2.45, 2.75) is 12.6 Å². The minimum absolute atomic E-state index is 0.0124. The largest absolute Gasteiger partial charge is 0.416 e. The standard InChI is InChI=1S/C18H17F3N2O3S/c19-18(20,21)15-7-4-8-16(13-15)23-17(24)9-11-22-27(25,26)12-10-14-5-2-1-3-6-14/h1-8,10,12-13,22H,9,11H2,(H,23,24)/b12-10+. The van der Waals surface area contributed by atoms with Gasteiger partial charge in [-0.25, -0.2) is 13.1 Å². The van der Waals surface area contributed by atoms with Crippen molar-refractivity contribution >= 4 is 27.7 Å². The second-order valence-electron chi connectivity index (χ2n) is 5.53. The highest BCUT2D eigenvalue weighted by Gasteiger charge is 2.30. The summed E-state index contributed by atoms with van der Waals surface area (Å²) >= 11 is 0. The summed E-state index contributed by atoms with van der Waals surface area (Å²) in [6.07, 6.45) is -3.33. The first kappa shape index (κ1) is 20.7. The number of alkyl halides is 3. The molecular weight excluding hydrogens is 381 g/mol. The predicted octanol–water partition coefficient (Wildman–Crippen LogP) is 3.62. The Morgan fingerprint density at radius 2 is 1.74 bits per heavy atom. The highest BCUT2D eigenvalue weighted by Crippen LogP contribution is 2.30. The normalized spacial score (nSPS) is 12.3. The van der Waals surface area contributed by atoms with E-state index >= 15 is 0 Å². The number of hydrogen-bond acceptors (Lipinski definition) is 3. The average Bonchev–Trinajstić information content (AvgIpc) is 2.60. The zero-order valence-electron chi connectivity index (χ0n) is 14.0. The average molecular weight is 398 g/mol. The number of carbonyl (C=O) groups excluding carboxylic acids is 1. The SMILES string of the molecule is O=C(CCNS(=O)(=O)/C=C/c1ccccc1)Nc1cccc(C(F)(F)F)c1. The van der Waals surface area contributed by atoms with E-state index in [-0.39, 0.29) is 18.7 Å². The molecule has 0 saturated heterocycles. The van der Waals surface area contributed by atoms with E-state index in [0.29, 0.717) is 5.56 Å². The smallest absolute Gasteiger partial charge is 0.326 e. The first-order valence-electron chi connectivity index (χ1n) is 7.86. The predicted molar refractivity (Wildman–Crippen MR) is 97.1 cm³/mol. The van der Waals surface area contributed by atoms with Crippen LogP contribution < -0.4 is 10.0 Å². The summed E-state index contributed by atoms with van der Waals surface area (Å²) < 4.78 is 63.8. The van der Waals surface area contributed by atoms with E-state index in [1.54, 1.807) is 30.3 Å². The minimum Gasteiger partial charge on any atom is -0.326 e. The topological polar surface area (TPSA) is 75.3 Å². The van der Waals surface area contributed by atoms with Gasteiger partial charge in [0.25, 0.3) is 0 Å². The van der Waals surface area contributed by atoms with Crippen molar-refractivity contribution in [2.75, 3.05) is 11.9 Å². The monoisotopic (exact) mass is 398 g/mol. The summed E-state index contributed by atoms with van der Waals surface area (Å²) in [6.45, 7) is -0.188. The maximum absolute atomic E-state index is 12.6. The van der Waals surface area contributed by atoms with Gasteiger partial charge >= 0.3 is 6.18 Å². The van der Waals surface area contributed by atoms with Crippen molar-refractivity contribution in [3.63, 3.8) is 0 Å². The Morgan fingerprint density at radius 3 is 2.41 bits per heavy atom. The summed E-state index contributed by atoms with van der Waals surface area (Å²) in [5.41, 5.74) is -0.195. The molecule has 0 fully saturated rings. The van der Waals surface area contributed by atoms with Gasteiger partial charge in [0.05, 0.1) is 5.56 Å². The number of benzene rings is 2. The van der Waals surface area contributed by atoms with Crippen molar-refractivity contribution < 1.29 is 26.4 Å². The van der Waals surface area contributed by atoms with Crippen molar-refractivity contribution in [1.82, 2.24) is 4.72 Å². The lowest BCUT2D eigenvalue weighted by atomic mass is 10.2. The molecule has 2 aromatic carbocycles. The molecule has 2 aromatic rings. The molecule has 2 rings (SSSR count). The number of carbonyl (C=O) groups is 1. The molecule has 0 saturated carbocycles. The van der Waals surface area contributed by atoms with Crippen LogP contribution in [0.25, 0.3) is 6.08 Å². The third-order valence-corrected chi connectivity index (χ3v) is 4.47. The van der Waals surface area contributed by atoms with E-state index in [4.69, 9.17) is 0 Å². The van der Waals surface area contributed by atoms with Crippen LogP contribution in [0.1, 0.15) is 17.5 Å². The first-order valence-corrected chi connectivity index (χ1v) is 9.40. The molecule has 1 amide bonds. The number of hydrogen-bond donors (Lipinski definition) is 2. The van der Waals surface area contributed by atoms with Crippen molar-refractivity contribution in [2.24, 2.45) is 0 Å². The molecule has 0 bridgehead atoms. The molecule has 0 aliphatic carbocycles. The van der Waals surface area contributed by atoms with E-state index in [2.05, 4.69) is 10.0 Å². The molecule has 9 heteroatoms. The molecule has 0 aliphatic heterocycles. The number of amides is 1. The van der Waals surface area contributed by atoms with Crippen LogP contribution in [0.15, 0.2) is 60.0 Å². The van der Waals surface area contributed by atoms with Crippen LogP contribution in [0.5, 0.6) is 0 Å². The number of nitrogens with one attached hydrogen (secondary N) is 2. The number of anilines is 1. The molecule has 0 heterocycles. The number of rotatable bonds is 7. The maximum Gasteiger partial charge on any atom is 0.416 e. The van der Waals surface area contributed by atoms with E-state index in [1.807, 2.05) is 0 Å². The van der Waals surface area contributed by atoms with Crippen LogP contribution in [0.4, 0.5) is 18.9 Å².